The average Bonchev–Trinajstić information content (AvgIpc) is 3.10. The number of nitrogens with one attached hydrogen (secondary N) is 1. The minimum absolute atomic E-state index is 0.0395. The Morgan fingerprint density at radius 2 is 2.08 bits per heavy atom. The molecule has 6 heteroatoms. The molecule has 1 atom stereocenters. The zero-order valence-corrected chi connectivity index (χ0v) is 15.1. The van der Waals surface area contributed by atoms with Crippen LogP contribution >= 0.6 is 23.1 Å². The van der Waals surface area contributed by atoms with E-state index in [2.05, 4.69) is 34.3 Å². The Labute approximate surface area is 149 Å². The van der Waals surface area contributed by atoms with Gasteiger partial charge in [0.2, 0.25) is 5.91 Å². The number of carbonyl (C=O) groups excluding carboxylic acids is 1. The maximum atomic E-state index is 12.2. The Bertz CT molecular complexity index is 804. The molecule has 1 unspecified atom stereocenters. The van der Waals surface area contributed by atoms with Crippen molar-refractivity contribution in [2.45, 2.75) is 24.3 Å². The number of benzene rings is 1. The van der Waals surface area contributed by atoms with E-state index in [1.54, 1.807) is 17.7 Å². The van der Waals surface area contributed by atoms with E-state index in [1.165, 1.54) is 17.3 Å². The van der Waals surface area contributed by atoms with Crippen molar-refractivity contribution in [3.63, 3.8) is 0 Å². The van der Waals surface area contributed by atoms with Crippen molar-refractivity contribution in [1.82, 2.24) is 15.3 Å². The molecular weight excluding hydrogens is 338 g/mol. The lowest BCUT2D eigenvalue weighted by atomic mass is 9.96. The van der Waals surface area contributed by atoms with Gasteiger partial charge in [-0.3, -0.25) is 4.79 Å². The summed E-state index contributed by atoms with van der Waals surface area (Å²) in [6.07, 6.45) is 2.55. The third-order valence-corrected chi connectivity index (χ3v) is 5.89. The predicted octanol–water partition coefficient (Wildman–Crippen LogP) is 4.09. The lowest BCUT2D eigenvalue weighted by Gasteiger charge is -2.16. The topological polar surface area (TPSA) is 54.9 Å². The van der Waals surface area contributed by atoms with Crippen LogP contribution in [0.15, 0.2) is 53.1 Å². The second-order valence-corrected chi connectivity index (χ2v) is 7.30. The number of amides is 1. The zero-order chi connectivity index (χ0) is 16.8. The van der Waals surface area contributed by atoms with Crippen LogP contribution in [0, 0.1) is 0 Å². The Morgan fingerprint density at radius 1 is 1.25 bits per heavy atom. The van der Waals surface area contributed by atoms with E-state index < -0.39 is 0 Å². The number of rotatable bonds is 7. The number of carbonyl (C=O) groups is 1. The van der Waals surface area contributed by atoms with Crippen LogP contribution in [0.2, 0.25) is 0 Å². The minimum atomic E-state index is 0.0395. The third-order valence-electron chi connectivity index (χ3n) is 3.86. The molecule has 3 rings (SSSR count). The van der Waals surface area contributed by atoms with Crippen LogP contribution in [0.25, 0.3) is 10.2 Å². The van der Waals surface area contributed by atoms with E-state index in [4.69, 9.17) is 0 Å². The van der Waals surface area contributed by atoms with Gasteiger partial charge in [-0.15, -0.1) is 11.3 Å². The molecule has 0 aliphatic carbocycles. The fourth-order valence-electron chi connectivity index (χ4n) is 2.51. The number of hydrogen-bond acceptors (Lipinski definition) is 5. The molecule has 0 aliphatic heterocycles. The van der Waals surface area contributed by atoms with Gasteiger partial charge >= 0.3 is 0 Å². The normalized spacial score (nSPS) is 12.2. The quantitative estimate of drug-likeness (QED) is 0.511. The number of fused-ring (bicyclic) bond motifs is 1. The predicted molar refractivity (Wildman–Crippen MR) is 101 cm³/mol. The summed E-state index contributed by atoms with van der Waals surface area (Å²) in [5, 5.41) is 5.91. The lowest BCUT2D eigenvalue weighted by Crippen LogP contribution is -2.29. The number of thioether (sulfide) groups is 1. The first-order valence-corrected chi connectivity index (χ1v) is 9.77. The Morgan fingerprint density at radius 3 is 2.88 bits per heavy atom. The van der Waals surface area contributed by atoms with Crippen molar-refractivity contribution in [1.29, 1.82) is 0 Å². The van der Waals surface area contributed by atoms with Gasteiger partial charge in [0.15, 0.2) is 0 Å². The van der Waals surface area contributed by atoms with Crippen molar-refractivity contribution >= 4 is 39.2 Å². The van der Waals surface area contributed by atoms with Gasteiger partial charge < -0.3 is 5.32 Å². The van der Waals surface area contributed by atoms with Crippen molar-refractivity contribution in [3.8, 4) is 0 Å². The molecule has 1 aromatic carbocycles. The molecule has 0 fully saturated rings. The van der Waals surface area contributed by atoms with E-state index in [0.717, 1.165) is 21.7 Å². The van der Waals surface area contributed by atoms with E-state index >= 15 is 0 Å². The molecule has 24 heavy (non-hydrogen) atoms. The van der Waals surface area contributed by atoms with Gasteiger partial charge in [-0.1, -0.05) is 49.0 Å². The largest absolute Gasteiger partial charge is 0.355 e. The number of nitrogens with zero attached hydrogens (tertiary/aromatic N) is 2. The standard InChI is InChI=1S/C18H19N3OS2/c1-2-13(14-6-4-3-5-7-14)10-19-16(22)11-24-18-17-15(8-9-23-17)20-12-21-18/h3-9,12-13H,2,10-11H2,1H3,(H,19,22). The molecule has 0 saturated carbocycles. The molecule has 0 bridgehead atoms. The molecule has 0 spiro atoms. The molecule has 3 aromatic rings. The highest BCUT2D eigenvalue weighted by atomic mass is 32.2. The second kappa shape index (κ2) is 8.26. The third kappa shape index (κ3) is 4.13. The Hall–Kier alpha value is -1.92. The second-order valence-electron chi connectivity index (χ2n) is 5.42. The molecule has 1 amide bonds. The molecule has 2 heterocycles. The Kier molecular flexibility index (Phi) is 5.82. The molecule has 4 nitrogen and oxygen atoms in total. The molecule has 0 saturated heterocycles. The van der Waals surface area contributed by atoms with E-state index in [-0.39, 0.29) is 5.91 Å². The van der Waals surface area contributed by atoms with Crippen LogP contribution in [0.3, 0.4) is 0 Å². The molecule has 2 aromatic heterocycles. The summed E-state index contributed by atoms with van der Waals surface area (Å²) in [6, 6.07) is 12.3. The van der Waals surface area contributed by atoms with Gasteiger partial charge in [-0.2, -0.15) is 0 Å². The average molecular weight is 358 g/mol. The smallest absolute Gasteiger partial charge is 0.230 e. The first-order valence-electron chi connectivity index (χ1n) is 7.90. The number of aromatic nitrogens is 2. The van der Waals surface area contributed by atoms with Crippen LogP contribution in [0.5, 0.6) is 0 Å². The van der Waals surface area contributed by atoms with Crippen LogP contribution in [0.4, 0.5) is 0 Å². The summed E-state index contributed by atoms with van der Waals surface area (Å²) in [5.74, 6) is 0.760. The van der Waals surface area contributed by atoms with Gasteiger partial charge in [-0.05, 0) is 23.4 Å². The van der Waals surface area contributed by atoms with Gasteiger partial charge in [-0.25, -0.2) is 9.97 Å². The molecule has 124 valence electrons. The molecule has 0 aliphatic rings. The maximum absolute atomic E-state index is 12.2. The summed E-state index contributed by atoms with van der Waals surface area (Å²) in [5.41, 5.74) is 2.21. The summed E-state index contributed by atoms with van der Waals surface area (Å²) in [4.78, 5) is 20.7. The lowest BCUT2D eigenvalue weighted by molar-refractivity contribution is -0.118. The van der Waals surface area contributed by atoms with Crippen molar-refractivity contribution in [3.05, 3.63) is 53.7 Å². The molecule has 0 radical (unpaired) electrons. The first-order chi connectivity index (χ1) is 11.8. The Balaban J connectivity index is 1.53. The van der Waals surface area contributed by atoms with Gasteiger partial charge in [0.05, 0.1) is 16.0 Å². The highest BCUT2D eigenvalue weighted by molar-refractivity contribution is 8.00. The summed E-state index contributed by atoms with van der Waals surface area (Å²) in [7, 11) is 0. The van der Waals surface area contributed by atoms with E-state index in [9.17, 15) is 4.79 Å². The highest BCUT2D eigenvalue weighted by Gasteiger charge is 2.12. The zero-order valence-electron chi connectivity index (χ0n) is 13.4. The first kappa shape index (κ1) is 16.9. The van der Waals surface area contributed by atoms with E-state index in [0.29, 0.717) is 18.2 Å². The van der Waals surface area contributed by atoms with Crippen molar-refractivity contribution in [2.24, 2.45) is 0 Å². The van der Waals surface area contributed by atoms with Gasteiger partial charge in [0.1, 0.15) is 11.4 Å². The summed E-state index contributed by atoms with van der Waals surface area (Å²) < 4.78 is 1.05. The van der Waals surface area contributed by atoms with Crippen LogP contribution in [-0.2, 0) is 4.79 Å². The fraction of sp³-hybridized carbons (Fsp3) is 0.278. The number of hydrogen-bond donors (Lipinski definition) is 1. The highest BCUT2D eigenvalue weighted by Crippen LogP contribution is 2.28. The SMILES string of the molecule is CCC(CNC(=O)CSc1ncnc2ccsc12)c1ccccc1. The molecular formula is C18H19N3OS2. The van der Waals surface area contributed by atoms with Gasteiger partial charge in [0, 0.05) is 12.5 Å². The monoisotopic (exact) mass is 357 g/mol. The number of thiophene rings is 1. The summed E-state index contributed by atoms with van der Waals surface area (Å²) in [6.45, 7) is 2.81. The van der Waals surface area contributed by atoms with Crippen LogP contribution in [-0.4, -0.2) is 28.2 Å². The van der Waals surface area contributed by atoms with Crippen molar-refractivity contribution in [2.75, 3.05) is 12.3 Å². The minimum Gasteiger partial charge on any atom is -0.355 e. The van der Waals surface area contributed by atoms with Crippen LogP contribution < -0.4 is 5.32 Å². The van der Waals surface area contributed by atoms with Crippen LogP contribution in [0.1, 0.15) is 24.8 Å². The van der Waals surface area contributed by atoms with Crippen molar-refractivity contribution < 1.29 is 4.79 Å². The fourth-order valence-corrected chi connectivity index (χ4v) is 4.29. The summed E-state index contributed by atoms with van der Waals surface area (Å²) >= 11 is 3.07. The van der Waals surface area contributed by atoms with E-state index in [1.807, 2.05) is 29.6 Å². The van der Waals surface area contributed by atoms with Gasteiger partial charge in [0.25, 0.3) is 0 Å². The molecule has 1 N–H and O–H groups in total. The maximum Gasteiger partial charge on any atom is 0.230 e.